The smallest absolute Gasteiger partial charge is 0.388 e. The van der Waals surface area contributed by atoms with Crippen molar-refractivity contribution in [3.05, 3.63) is 65.2 Å². The van der Waals surface area contributed by atoms with E-state index in [1.54, 1.807) is 12.1 Å². The lowest BCUT2D eigenvalue weighted by atomic mass is 10.0. The molecule has 2 aromatic carbocycles. The van der Waals surface area contributed by atoms with Crippen LogP contribution in [0.5, 0.6) is 5.75 Å². The number of carbonyl (C=O) groups is 2. The van der Waals surface area contributed by atoms with Crippen LogP contribution < -0.4 is 4.74 Å². The zero-order chi connectivity index (χ0) is 20.5. The summed E-state index contributed by atoms with van der Waals surface area (Å²) in [5.41, 5.74) is 2.38. The molecule has 0 N–H and O–H groups in total. The molecule has 2 aromatic rings. The van der Waals surface area contributed by atoms with E-state index < -0.39 is 11.2 Å². The van der Waals surface area contributed by atoms with Crippen molar-refractivity contribution >= 4 is 28.9 Å². The number of carbonyl (C=O) groups excluding carboxylic acids is 2. The van der Waals surface area contributed by atoms with E-state index in [1.165, 1.54) is 21.3 Å². The predicted molar refractivity (Wildman–Crippen MR) is 108 cm³/mol. The van der Waals surface area contributed by atoms with Gasteiger partial charge in [0.15, 0.2) is 5.71 Å². The molecule has 0 unspecified atom stereocenters. The summed E-state index contributed by atoms with van der Waals surface area (Å²) in [4.78, 5) is 29.1. The van der Waals surface area contributed by atoms with Crippen LogP contribution in [0.25, 0.3) is 0 Å². The zero-order valence-corrected chi connectivity index (χ0v) is 17.0. The number of likely N-dealkylation sites (N-methyl/N-ethyl adjacent to an activating group) is 1. The van der Waals surface area contributed by atoms with E-state index in [2.05, 4.69) is 9.89 Å². The number of ether oxygens (including phenoxy) is 2. The van der Waals surface area contributed by atoms with Crippen LogP contribution in [0.15, 0.2) is 53.7 Å². The summed E-state index contributed by atoms with van der Waals surface area (Å²) < 4.78 is 11.6. The minimum Gasteiger partial charge on any atom is -0.489 e. The van der Waals surface area contributed by atoms with E-state index in [1.807, 2.05) is 43.3 Å². The Morgan fingerprint density at radius 3 is 2.43 bits per heavy atom. The molecule has 0 saturated heterocycles. The van der Waals surface area contributed by atoms with Crippen LogP contribution in [0.2, 0.25) is 0 Å². The summed E-state index contributed by atoms with van der Waals surface area (Å²) in [5.74, 6) is 0.257. The van der Waals surface area contributed by atoms with Gasteiger partial charge in [-0.1, -0.05) is 47.6 Å². The maximum atomic E-state index is 12.8. The standard InChI is InChI=1S/C20H22N2O5S/c1-14-9-5-8-12-17(14)27-13-15-10-6-7-11-16(15)18(21-26-4)19(23)22(2)28-20(24)25-3/h5-12H,13H2,1-4H3/b21-18-. The Kier molecular flexibility index (Phi) is 7.88. The quantitative estimate of drug-likeness (QED) is 0.317. The topological polar surface area (TPSA) is 77.4 Å². The number of rotatable bonds is 6. The van der Waals surface area contributed by atoms with Gasteiger partial charge in [0, 0.05) is 12.6 Å². The average molecular weight is 402 g/mol. The number of aryl methyl sites for hydroxylation is 1. The third-order valence-electron chi connectivity index (χ3n) is 3.80. The monoisotopic (exact) mass is 402 g/mol. The molecule has 8 heteroatoms. The summed E-state index contributed by atoms with van der Waals surface area (Å²) in [5, 5.41) is 3.28. The average Bonchev–Trinajstić information content (AvgIpc) is 2.71. The molecule has 0 bridgehead atoms. The number of benzene rings is 2. The third kappa shape index (κ3) is 5.50. The molecule has 0 heterocycles. The van der Waals surface area contributed by atoms with E-state index in [0.717, 1.165) is 21.2 Å². The number of hydrogen-bond acceptors (Lipinski definition) is 7. The second kappa shape index (κ2) is 10.4. The van der Waals surface area contributed by atoms with E-state index in [4.69, 9.17) is 9.57 Å². The normalized spacial score (nSPS) is 10.9. The Morgan fingerprint density at radius 2 is 1.75 bits per heavy atom. The Hall–Kier alpha value is -3.00. The highest BCUT2D eigenvalue weighted by atomic mass is 32.2. The fraction of sp³-hybridized carbons (Fsp3) is 0.250. The second-order valence-electron chi connectivity index (χ2n) is 5.68. The summed E-state index contributed by atoms with van der Waals surface area (Å²) >= 11 is 0.630. The number of nitrogens with zero attached hydrogens (tertiary/aromatic N) is 2. The molecule has 0 saturated carbocycles. The van der Waals surface area contributed by atoms with E-state index in [0.29, 0.717) is 17.5 Å². The van der Waals surface area contributed by atoms with Gasteiger partial charge in [-0.3, -0.25) is 9.10 Å². The lowest BCUT2D eigenvalue weighted by molar-refractivity contribution is -0.118. The lowest BCUT2D eigenvalue weighted by Crippen LogP contribution is -2.31. The highest BCUT2D eigenvalue weighted by molar-refractivity contribution is 8.11. The Labute approximate surface area is 168 Å². The van der Waals surface area contributed by atoms with Crippen LogP contribution in [0.3, 0.4) is 0 Å². The second-order valence-corrected chi connectivity index (χ2v) is 6.75. The summed E-state index contributed by atoms with van der Waals surface area (Å²) in [6.07, 6.45) is 0. The van der Waals surface area contributed by atoms with Gasteiger partial charge in [-0.2, -0.15) is 0 Å². The van der Waals surface area contributed by atoms with E-state index in [-0.39, 0.29) is 12.3 Å². The van der Waals surface area contributed by atoms with Gasteiger partial charge in [0.1, 0.15) is 19.5 Å². The molecule has 1 amide bonds. The van der Waals surface area contributed by atoms with E-state index >= 15 is 0 Å². The molecule has 0 aliphatic carbocycles. The molecular formula is C20H22N2O5S. The number of oxime groups is 1. The molecule has 0 spiro atoms. The highest BCUT2D eigenvalue weighted by Gasteiger charge is 2.24. The van der Waals surface area contributed by atoms with Crippen molar-refractivity contribution in [2.24, 2.45) is 5.16 Å². The fourth-order valence-corrected chi connectivity index (χ4v) is 2.85. The maximum absolute atomic E-state index is 12.8. The minimum atomic E-state index is -0.608. The summed E-state index contributed by atoms with van der Waals surface area (Å²) in [7, 11) is 4.06. The Bertz CT molecular complexity index is 869. The van der Waals surface area contributed by atoms with Gasteiger partial charge in [0.05, 0.1) is 19.1 Å². The van der Waals surface area contributed by atoms with Crippen LogP contribution in [0.1, 0.15) is 16.7 Å². The van der Waals surface area contributed by atoms with Gasteiger partial charge in [0.2, 0.25) is 0 Å². The van der Waals surface area contributed by atoms with Gasteiger partial charge in [-0.05, 0) is 24.1 Å². The molecule has 2 rings (SSSR count). The molecule has 0 fully saturated rings. The summed E-state index contributed by atoms with van der Waals surface area (Å²) in [6, 6.07) is 14.9. The largest absolute Gasteiger partial charge is 0.489 e. The van der Waals surface area contributed by atoms with Crippen molar-refractivity contribution in [3.8, 4) is 5.75 Å². The van der Waals surface area contributed by atoms with Crippen LogP contribution >= 0.6 is 11.9 Å². The molecule has 28 heavy (non-hydrogen) atoms. The highest BCUT2D eigenvalue weighted by Crippen LogP contribution is 2.21. The number of hydrogen-bond donors (Lipinski definition) is 0. The van der Waals surface area contributed by atoms with Crippen molar-refractivity contribution in [3.63, 3.8) is 0 Å². The lowest BCUT2D eigenvalue weighted by Gasteiger charge is -2.17. The van der Waals surface area contributed by atoms with Crippen molar-refractivity contribution in [2.45, 2.75) is 13.5 Å². The van der Waals surface area contributed by atoms with E-state index in [9.17, 15) is 9.59 Å². The maximum Gasteiger partial charge on any atom is 0.388 e. The van der Waals surface area contributed by atoms with Crippen LogP contribution in [-0.2, 0) is 21.0 Å². The van der Waals surface area contributed by atoms with Gasteiger partial charge in [-0.15, -0.1) is 0 Å². The van der Waals surface area contributed by atoms with Gasteiger partial charge < -0.3 is 14.3 Å². The first-order valence-electron chi connectivity index (χ1n) is 8.39. The van der Waals surface area contributed by atoms with Crippen molar-refractivity contribution in [1.82, 2.24) is 4.31 Å². The molecule has 0 aliphatic rings. The van der Waals surface area contributed by atoms with Crippen LogP contribution in [0.4, 0.5) is 4.79 Å². The zero-order valence-electron chi connectivity index (χ0n) is 16.2. The third-order valence-corrected chi connectivity index (χ3v) is 4.55. The predicted octanol–water partition coefficient (Wildman–Crippen LogP) is 3.80. The summed E-state index contributed by atoms with van der Waals surface area (Å²) in [6.45, 7) is 2.20. The number of methoxy groups -OCH3 is 1. The van der Waals surface area contributed by atoms with Crippen LogP contribution in [-0.4, -0.2) is 42.5 Å². The first-order valence-corrected chi connectivity index (χ1v) is 9.17. The minimum absolute atomic E-state index is 0.0605. The van der Waals surface area contributed by atoms with Gasteiger partial charge >= 0.3 is 5.30 Å². The molecule has 0 aromatic heterocycles. The van der Waals surface area contributed by atoms with Gasteiger partial charge in [-0.25, -0.2) is 4.79 Å². The Morgan fingerprint density at radius 1 is 1.07 bits per heavy atom. The molecule has 0 aliphatic heterocycles. The van der Waals surface area contributed by atoms with Crippen LogP contribution in [0, 0.1) is 6.92 Å². The fourth-order valence-electron chi connectivity index (χ4n) is 2.39. The molecular weight excluding hydrogens is 380 g/mol. The molecule has 0 atom stereocenters. The first kappa shape index (κ1) is 21.3. The van der Waals surface area contributed by atoms with Crippen molar-refractivity contribution in [2.75, 3.05) is 21.3 Å². The SMILES string of the molecule is CO/N=C(\C(=O)N(C)SC(=O)OC)c1ccccc1COc1ccccc1C. The first-order chi connectivity index (χ1) is 13.5. The number of amides is 1. The van der Waals surface area contributed by atoms with Gasteiger partial charge in [0.25, 0.3) is 5.91 Å². The molecule has 7 nitrogen and oxygen atoms in total. The van der Waals surface area contributed by atoms with Crippen molar-refractivity contribution in [1.29, 1.82) is 0 Å². The molecule has 0 radical (unpaired) electrons. The Balaban J connectivity index is 2.28. The number of para-hydroxylation sites is 1. The van der Waals surface area contributed by atoms with Crippen molar-refractivity contribution < 1.29 is 23.9 Å². The molecule has 148 valence electrons.